The van der Waals surface area contributed by atoms with E-state index < -0.39 is 12.0 Å². The van der Waals surface area contributed by atoms with E-state index in [-0.39, 0.29) is 17.7 Å². The summed E-state index contributed by atoms with van der Waals surface area (Å²) in [6, 6.07) is -0.714. The molecule has 2 aliphatic rings. The van der Waals surface area contributed by atoms with Gasteiger partial charge in [-0.05, 0) is 25.2 Å². The van der Waals surface area contributed by atoms with Crippen LogP contribution in [-0.4, -0.2) is 46.9 Å². The van der Waals surface area contributed by atoms with Crippen LogP contribution in [0.2, 0.25) is 0 Å². The van der Waals surface area contributed by atoms with Crippen molar-refractivity contribution in [3.8, 4) is 0 Å². The topological polar surface area (TPSA) is 86.7 Å². The zero-order valence-electron chi connectivity index (χ0n) is 11.1. The quantitative estimate of drug-likeness (QED) is 0.750. The molecule has 106 valence electrons. The van der Waals surface area contributed by atoms with Gasteiger partial charge in [-0.2, -0.15) is 0 Å². The first-order chi connectivity index (χ1) is 8.99. The van der Waals surface area contributed by atoms with Crippen molar-refractivity contribution in [1.82, 2.24) is 10.2 Å². The molecule has 6 heteroatoms. The van der Waals surface area contributed by atoms with Gasteiger partial charge in [0.2, 0.25) is 11.8 Å². The van der Waals surface area contributed by atoms with Gasteiger partial charge in [-0.3, -0.25) is 9.59 Å². The van der Waals surface area contributed by atoms with E-state index in [9.17, 15) is 19.5 Å². The number of nitrogens with zero attached hydrogens (tertiary/aromatic N) is 1. The molecular weight excluding hydrogens is 248 g/mol. The van der Waals surface area contributed by atoms with Crippen LogP contribution in [0.3, 0.4) is 0 Å². The first-order valence-corrected chi connectivity index (χ1v) is 6.79. The standard InChI is InChI=1S/C13H20N2O4/c1-8-4-5-15(10(6-8)13(18)19)12(17)9-2-3-11(16)14-7-9/h8-10H,2-7H2,1H3,(H,14,16)(H,18,19). The Balaban J connectivity index is 2.04. The molecule has 2 saturated heterocycles. The number of aliphatic carboxylic acids is 1. The van der Waals surface area contributed by atoms with E-state index in [2.05, 4.69) is 5.32 Å². The van der Waals surface area contributed by atoms with Crippen LogP contribution in [0, 0.1) is 11.8 Å². The summed E-state index contributed by atoms with van der Waals surface area (Å²) in [5.74, 6) is -1.03. The van der Waals surface area contributed by atoms with Gasteiger partial charge < -0.3 is 15.3 Å². The molecule has 0 aromatic heterocycles. The summed E-state index contributed by atoms with van der Waals surface area (Å²) in [6.07, 6.45) is 2.22. The van der Waals surface area contributed by atoms with Gasteiger partial charge in [0.15, 0.2) is 0 Å². The number of carbonyl (C=O) groups excluding carboxylic acids is 2. The predicted molar refractivity (Wildman–Crippen MR) is 67.3 cm³/mol. The Labute approximate surface area is 112 Å². The zero-order valence-corrected chi connectivity index (χ0v) is 11.1. The summed E-state index contributed by atoms with van der Waals surface area (Å²) in [7, 11) is 0. The molecule has 0 radical (unpaired) electrons. The van der Waals surface area contributed by atoms with E-state index in [0.717, 1.165) is 6.42 Å². The summed E-state index contributed by atoms with van der Waals surface area (Å²) < 4.78 is 0. The van der Waals surface area contributed by atoms with Crippen molar-refractivity contribution in [2.45, 2.75) is 38.6 Å². The van der Waals surface area contributed by atoms with Crippen LogP contribution in [0.15, 0.2) is 0 Å². The number of nitrogens with one attached hydrogen (secondary N) is 1. The molecule has 2 fully saturated rings. The van der Waals surface area contributed by atoms with Gasteiger partial charge in [0.05, 0.1) is 5.92 Å². The van der Waals surface area contributed by atoms with Gasteiger partial charge in [-0.25, -0.2) is 4.79 Å². The second-order valence-electron chi connectivity index (χ2n) is 5.55. The maximum Gasteiger partial charge on any atom is 0.326 e. The fourth-order valence-corrected chi connectivity index (χ4v) is 2.82. The Kier molecular flexibility index (Phi) is 4.07. The molecule has 0 bridgehead atoms. The van der Waals surface area contributed by atoms with Crippen molar-refractivity contribution in [2.24, 2.45) is 11.8 Å². The molecule has 3 unspecified atom stereocenters. The molecule has 2 heterocycles. The molecule has 3 atom stereocenters. The minimum atomic E-state index is -0.931. The van der Waals surface area contributed by atoms with Gasteiger partial charge >= 0.3 is 5.97 Å². The lowest BCUT2D eigenvalue weighted by molar-refractivity contribution is -0.155. The van der Waals surface area contributed by atoms with Crippen molar-refractivity contribution < 1.29 is 19.5 Å². The van der Waals surface area contributed by atoms with Crippen LogP contribution in [0.4, 0.5) is 0 Å². The van der Waals surface area contributed by atoms with Gasteiger partial charge in [0, 0.05) is 19.5 Å². The third-order valence-electron chi connectivity index (χ3n) is 4.05. The van der Waals surface area contributed by atoms with Crippen molar-refractivity contribution >= 4 is 17.8 Å². The van der Waals surface area contributed by atoms with Gasteiger partial charge in [-0.15, -0.1) is 0 Å². The highest BCUT2D eigenvalue weighted by Gasteiger charge is 2.38. The maximum atomic E-state index is 12.4. The zero-order chi connectivity index (χ0) is 14.0. The Bertz CT molecular complexity index is 386. The van der Waals surface area contributed by atoms with E-state index in [1.54, 1.807) is 0 Å². The van der Waals surface area contributed by atoms with Crippen LogP contribution in [0.25, 0.3) is 0 Å². The summed E-state index contributed by atoms with van der Waals surface area (Å²) in [5, 5.41) is 11.9. The fourth-order valence-electron chi connectivity index (χ4n) is 2.82. The van der Waals surface area contributed by atoms with Crippen molar-refractivity contribution in [2.75, 3.05) is 13.1 Å². The number of rotatable bonds is 2. The van der Waals surface area contributed by atoms with E-state index in [1.165, 1.54) is 4.90 Å². The van der Waals surface area contributed by atoms with Gasteiger partial charge in [-0.1, -0.05) is 6.92 Å². The molecule has 0 aromatic rings. The monoisotopic (exact) mass is 268 g/mol. The molecule has 6 nitrogen and oxygen atoms in total. The number of amides is 2. The summed E-state index contributed by atoms with van der Waals surface area (Å²) in [6.45, 7) is 2.84. The molecule has 2 aliphatic heterocycles. The SMILES string of the molecule is CC1CCN(C(=O)C2CCC(=O)NC2)C(C(=O)O)C1. The highest BCUT2D eigenvalue weighted by molar-refractivity contribution is 5.87. The first-order valence-electron chi connectivity index (χ1n) is 6.79. The van der Waals surface area contributed by atoms with Crippen LogP contribution >= 0.6 is 0 Å². The number of hydrogen-bond donors (Lipinski definition) is 2. The lowest BCUT2D eigenvalue weighted by atomic mass is 9.89. The average Bonchev–Trinajstić information content (AvgIpc) is 2.38. The van der Waals surface area contributed by atoms with Crippen molar-refractivity contribution in [3.63, 3.8) is 0 Å². The van der Waals surface area contributed by atoms with Crippen molar-refractivity contribution in [1.29, 1.82) is 0 Å². The van der Waals surface area contributed by atoms with Crippen LogP contribution in [0.1, 0.15) is 32.6 Å². The molecule has 0 saturated carbocycles. The fraction of sp³-hybridized carbons (Fsp3) is 0.769. The summed E-state index contributed by atoms with van der Waals surface area (Å²) in [4.78, 5) is 36.3. The predicted octanol–water partition coefficient (Wildman–Crippen LogP) is 0.224. The van der Waals surface area contributed by atoms with Crippen LogP contribution in [0.5, 0.6) is 0 Å². The minimum absolute atomic E-state index is 0.0360. The lowest BCUT2D eigenvalue weighted by Gasteiger charge is -2.38. The average molecular weight is 268 g/mol. The van der Waals surface area contributed by atoms with E-state index in [1.807, 2.05) is 6.92 Å². The third-order valence-corrected chi connectivity index (χ3v) is 4.05. The smallest absolute Gasteiger partial charge is 0.326 e. The van der Waals surface area contributed by atoms with Gasteiger partial charge in [0.1, 0.15) is 6.04 Å². The number of hydrogen-bond acceptors (Lipinski definition) is 3. The number of carboxylic acid groups (broad SMARTS) is 1. The molecule has 2 amide bonds. The molecule has 0 spiro atoms. The third kappa shape index (κ3) is 3.05. The summed E-state index contributed by atoms with van der Waals surface area (Å²) in [5.41, 5.74) is 0. The van der Waals surface area contributed by atoms with Gasteiger partial charge in [0.25, 0.3) is 0 Å². The largest absolute Gasteiger partial charge is 0.480 e. The number of likely N-dealkylation sites (tertiary alicyclic amines) is 1. The van der Waals surface area contributed by atoms with E-state index in [4.69, 9.17) is 0 Å². The molecular formula is C13H20N2O4. The Morgan fingerprint density at radius 2 is 2.11 bits per heavy atom. The molecule has 19 heavy (non-hydrogen) atoms. The second-order valence-corrected chi connectivity index (χ2v) is 5.55. The van der Waals surface area contributed by atoms with Crippen molar-refractivity contribution in [3.05, 3.63) is 0 Å². The maximum absolute atomic E-state index is 12.4. The number of carboxylic acids is 1. The first kappa shape index (κ1) is 13.8. The van der Waals surface area contributed by atoms with E-state index >= 15 is 0 Å². The number of carbonyl (C=O) groups is 3. The van der Waals surface area contributed by atoms with E-state index in [0.29, 0.717) is 38.3 Å². The molecule has 2 rings (SSSR count). The Hall–Kier alpha value is -1.59. The molecule has 0 aromatic carbocycles. The number of piperidine rings is 2. The second kappa shape index (κ2) is 5.59. The Morgan fingerprint density at radius 3 is 2.68 bits per heavy atom. The minimum Gasteiger partial charge on any atom is -0.480 e. The van der Waals surface area contributed by atoms with Crippen LogP contribution < -0.4 is 5.32 Å². The summed E-state index contributed by atoms with van der Waals surface area (Å²) >= 11 is 0. The highest BCUT2D eigenvalue weighted by Crippen LogP contribution is 2.25. The molecule has 0 aliphatic carbocycles. The normalized spacial score (nSPS) is 31.7. The lowest BCUT2D eigenvalue weighted by Crippen LogP contribution is -2.54. The van der Waals surface area contributed by atoms with Crippen LogP contribution in [-0.2, 0) is 14.4 Å². The Morgan fingerprint density at radius 1 is 1.37 bits per heavy atom. The highest BCUT2D eigenvalue weighted by atomic mass is 16.4. The molecule has 2 N–H and O–H groups in total.